The highest BCUT2D eigenvalue weighted by Gasteiger charge is 2.10. The van der Waals surface area contributed by atoms with Gasteiger partial charge in [0.1, 0.15) is 6.33 Å². The second-order valence-corrected chi connectivity index (χ2v) is 5.62. The Hall–Kier alpha value is -2.62. The van der Waals surface area contributed by atoms with Crippen LogP contribution in [0.25, 0.3) is 16.7 Å². The zero-order valence-electron chi connectivity index (χ0n) is 13.0. The monoisotopic (exact) mass is 293 g/mol. The van der Waals surface area contributed by atoms with E-state index in [1.807, 2.05) is 31.5 Å². The molecule has 0 saturated carbocycles. The number of aromatic nitrogens is 2. The smallest absolute Gasteiger partial charge is 0.217 e. The van der Waals surface area contributed by atoms with Gasteiger partial charge in [-0.25, -0.2) is 4.98 Å². The van der Waals surface area contributed by atoms with Crippen molar-refractivity contribution in [3.05, 3.63) is 59.9 Å². The molecule has 1 amide bonds. The Morgan fingerprint density at radius 1 is 1.23 bits per heavy atom. The van der Waals surface area contributed by atoms with Gasteiger partial charge in [0, 0.05) is 12.6 Å². The number of carbonyl (C=O) groups is 1. The first-order chi connectivity index (χ1) is 10.5. The SMILES string of the molecule is CC(=O)NC(C)c1ccc2c(c1)ncn2-c1cccc(C)c1. The van der Waals surface area contributed by atoms with Gasteiger partial charge in [-0.3, -0.25) is 9.36 Å². The van der Waals surface area contributed by atoms with E-state index in [4.69, 9.17) is 0 Å². The largest absolute Gasteiger partial charge is 0.350 e. The summed E-state index contributed by atoms with van der Waals surface area (Å²) in [5.74, 6) is -0.0297. The van der Waals surface area contributed by atoms with Crippen molar-refractivity contribution in [2.45, 2.75) is 26.8 Å². The number of imidazole rings is 1. The first kappa shape index (κ1) is 14.3. The van der Waals surface area contributed by atoms with Gasteiger partial charge in [0.05, 0.1) is 17.1 Å². The average Bonchev–Trinajstić information content (AvgIpc) is 2.89. The maximum absolute atomic E-state index is 11.2. The summed E-state index contributed by atoms with van der Waals surface area (Å²) in [7, 11) is 0. The molecular formula is C18H19N3O. The number of rotatable bonds is 3. The van der Waals surface area contributed by atoms with E-state index in [0.29, 0.717) is 0 Å². The highest BCUT2D eigenvalue weighted by Crippen LogP contribution is 2.22. The van der Waals surface area contributed by atoms with Gasteiger partial charge in [0.2, 0.25) is 5.91 Å². The molecule has 1 heterocycles. The molecule has 1 N–H and O–H groups in total. The molecule has 22 heavy (non-hydrogen) atoms. The lowest BCUT2D eigenvalue weighted by atomic mass is 10.1. The number of benzene rings is 2. The molecular weight excluding hydrogens is 274 g/mol. The number of fused-ring (bicyclic) bond motifs is 1. The van der Waals surface area contributed by atoms with E-state index in [0.717, 1.165) is 22.3 Å². The minimum atomic E-state index is -0.0297. The summed E-state index contributed by atoms with van der Waals surface area (Å²) < 4.78 is 2.08. The van der Waals surface area contributed by atoms with Crippen molar-refractivity contribution in [3.63, 3.8) is 0 Å². The number of hydrogen-bond acceptors (Lipinski definition) is 2. The van der Waals surface area contributed by atoms with Crippen LogP contribution in [0.3, 0.4) is 0 Å². The molecule has 0 aliphatic rings. The number of hydrogen-bond donors (Lipinski definition) is 1. The second-order valence-electron chi connectivity index (χ2n) is 5.62. The van der Waals surface area contributed by atoms with E-state index in [-0.39, 0.29) is 11.9 Å². The van der Waals surface area contributed by atoms with Gasteiger partial charge in [0.25, 0.3) is 0 Å². The Morgan fingerprint density at radius 3 is 2.77 bits per heavy atom. The predicted molar refractivity (Wildman–Crippen MR) is 88.0 cm³/mol. The molecule has 0 fully saturated rings. The van der Waals surface area contributed by atoms with Crippen LogP contribution < -0.4 is 5.32 Å². The maximum atomic E-state index is 11.2. The lowest BCUT2D eigenvalue weighted by molar-refractivity contribution is -0.119. The predicted octanol–water partition coefficient (Wildman–Crippen LogP) is 3.53. The Labute approximate surface area is 129 Å². The molecule has 3 rings (SSSR count). The van der Waals surface area contributed by atoms with Gasteiger partial charge in [-0.05, 0) is 49.2 Å². The highest BCUT2D eigenvalue weighted by atomic mass is 16.1. The van der Waals surface area contributed by atoms with Crippen molar-refractivity contribution in [1.29, 1.82) is 0 Å². The molecule has 4 heteroatoms. The normalized spacial score (nSPS) is 12.3. The zero-order valence-corrected chi connectivity index (χ0v) is 13.0. The van der Waals surface area contributed by atoms with E-state index in [9.17, 15) is 4.79 Å². The molecule has 0 aliphatic carbocycles. The minimum absolute atomic E-state index is 0.0222. The topological polar surface area (TPSA) is 46.9 Å². The number of amides is 1. The number of carbonyl (C=O) groups excluding carboxylic acids is 1. The van der Waals surface area contributed by atoms with Crippen molar-refractivity contribution in [2.24, 2.45) is 0 Å². The van der Waals surface area contributed by atoms with E-state index in [1.54, 1.807) is 0 Å². The average molecular weight is 293 g/mol. The first-order valence-electron chi connectivity index (χ1n) is 7.36. The van der Waals surface area contributed by atoms with Crippen molar-refractivity contribution >= 4 is 16.9 Å². The molecule has 0 bridgehead atoms. The van der Waals surface area contributed by atoms with E-state index in [1.165, 1.54) is 12.5 Å². The third kappa shape index (κ3) is 2.72. The van der Waals surface area contributed by atoms with Gasteiger partial charge in [0.15, 0.2) is 0 Å². The Balaban J connectivity index is 2.01. The van der Waals surface area contributed by atoms with E-state index in [2.05, 4.69) is 46.1 Å². The van der Waals surface area contributed by atoms with Gasteiger partial charge in [-0.2, -0.15) is 0 Å². The zero-order chi connectivity index (χ0) is 15.7. The molecule has 0 saturated heterocycles. The van der Waals surface area contributed by atoms with Crippen molar-refractivity contribution in [2.75, 3.05) is 0 Å². The Kier molecular flexibility index (Phi) is 3.67. The Bertz CT molecular complexity index is 835. The van der Waals surface area contributed by atoms with Crippen LogP contribution in [0, 0.1) is 6.92 Å². The quantitative estimate of drug-likeness (QED) is 0.803. The van der Waals surface area contributed by atoms with Crippen LogP contribution in [-0.4, -0.2) is 15.5 Å². The van der Waals surface area contributed by atoms with Gasteiger partial charge < -0.3 is 5.32 Å². The fraction of sp³-hybridized carbons (Fsp3) is 0.222. The third-order valence-corrected chi connectivity index (χ3v) is 3.77. The number of nitrogens with one attached hydrogen (secondary N) is 1. The van der Waals surface area contributed by atoms with Crippen LogP contribution in [0.2, 0.25) is 0 Å². The molecule has 0 spiro atoms. The molecule has 4 nitrogen and oxygen atoms in total. The standard InChI is InChI=1S/C18H19N3O/c1-12-5-4-6-16(9-12)21-11-19-17-10-15(7-8-18(17)21)13(2)20-14(3)22/h4-11,13H,1-3H3,(H,20,22). The van der Waals surface area contributed by atoms with Gasteiger partial charge >= 0.3 is 0 Å². The van der Waals surface area contributed by atoms with Gasteiger partial charge in [-0.15, -0.1) is 0 Å². The molecule has 1 aromatic heterocycles. The fourth-order valence-corrected chi connectivity index (χ4v) is 2.67. The summed E-state index contributed by atoms with van der Waals surface area (Å²) in [6.45, 7) is 5.58. The van der Waals surface area contributed by atoms with Crippen molar-refractivity contribution < 1.29 is 4.79 Å². The summed E-state index contributed by atoms with van der Waals surface area (Å²) in [4.78, 5) is 15.7. The molecule has 0 radical (unpaired) electrons. The van der Waals surface area contributed by atoms with Crippen LogP contribution in [-0.2, 0) is 4.79 Å². The first-order valence-corrected chi connectivity index (χ1v) is 7.36. The highest BCUT2D eigenvalue weighted by molar-refractivity contribution is 5.79. The maximum Gasteiger partial charge on any atom is 0.217 e. The Morgan fingerprint density at radius 2 is 2.05 bits per heavy atom. The van der Waals surface area contributed by atoms with E-state index >= 15 is 0 Å². The lowest BCUT2D eigenvalue weighted by Crippen LogP contribution is -2.23. The molecule has 0 aliphatic heterocycles. The summed E-state index contributed by atoms with van der Waals surface area (Å²) in [6.07, 6.45) is 1.84. The van der Waals surface area contributed by atoms with Crippen molar-refractivity contribution in [1.82, 2.24) is 14.9 Å². The third-order valence-electron chi connectivity index (χ3n) is 3.77. The summed E-state index contributed by atoms with van der Waals surface area (Å²) in [5, 5.41) is 2.90. The number of aryl methyl sites for hydroxylation is 1. The van der Waals surface area contributed by atoms with Gasteiger partial charge in [-0.1, -0.05) is 18.2 Å². The van der Waals surface area contributed by atoms with Crippen molar-refractivity contribution in [3.8, 4) is 5.69 Å². The summed E-state index contributed by atoms with van der Waals surface area (Å²) >= 11 is 0. The molecule has 2 aromatic carbocycles. The minimum Gasteiger partial charge on any atom is -0.350 e. The number of nitrogens with zero attached hydrogens (tertiary/aromatic N) is 2. The summed E-state index contributed by atoms with van der Waals surface area (Å²) in [5.41, 5.74) is 5.36. The van der Waals surface area contributed by atoms with Crippen LogP contribution >= 0.6 is 0 Å². The van der Waals surface area contributed by atoms with Crippen LogP contribution in [0.4, 0.5) is 0 Å². The molecule has 3 aromatic rings. The fourth-order valence-electron chi connectivity index (χ4n) is 2.67. The second kappa shape index (κ2) is 5.64. The molecule has 112 valence electrons. The molecule has 1 unspecified atom stereocenters. The van der Waals surface area contributed by atoms with E-state index < -0.39 is 0 Å². The summed E-state index contributed by atoms with van der Waals surface area (Å²) in [6, 6.07) is 14.4. The lowest BCUT2D eigenvalue weighted by Gasteiger charge is -2.13. The molecule has 1 atom stereocenters. The van der Waals surface area contributed by atoms with Crippen LogP contribution in [0.5, 0.6) is 0 Å². The van der Waals surface area contributed by atoms with Crippen LogP contribution in [0.1, 0.15) is 31.0 Å². The van der Waals surface area contributed by atoms with Crippen LogP contribution in [0.15, 0.2) is 48.8 Å².